The van der Waals surface area contributed by atoms with Gasteiger partial charge in [-0.05, 0) is 25.2 Å². The molecule has 0 spiro atoms. The van der Waals surface area contributed by atoms with E-state index in [9.17, 15) is 8.42 Å². The standard InChI is InChI=1S/C12H19ClN4O2S/c1-16-11(10(13)5-15-16)6-17-9-3-2-8(4-9)12(17)7-20(14,18)19/h5,8-9,12H,2-4,6-7H2,1H3,(H2,14,18,19)/t8-,9+,12+/m0/s1. The Morgan fingerprint density at radius 3 is 2.85 bits per heavy atom. The molecule has 0 amide bonds. The van der Waals surface area contributed by atoms with Crippen molar-refractivity contribution in [3.8, 4) is 0 Å². The molecule has 8 heteroatoms. The number of halogens is 1. The van der Waals surface area contributed by atoms with Crippen LogP contribution in [0.5, 0.6) is 0 Å². The van der Waals surface area contributed by atoms with Crippen molar-refractivity contribution in [1.29, 1.82) is 0 Å². The Labute approximate surface area is 123 Å². The van der Waals surface area contributed by atoms with Gasteiger partial charge in [-0.2, -0.15) is 5.10 Å². The topological polar surface area (TPSA) is 81.2 Å². The van der Waals surface area contributed by atoms with Gasteiger partial charge in [0.15, 0.2) is 0 Å². The highest BCUT2D eigenvalue weighted by Crippen LogP contribution is 2.43. The molecule has 2 heterocycles. The fourth-order valence-electron chi connectivity index (χ4n) is 3.69. The first-order chi connectivity index (χ1) is 9.35. The molecule has 3 atom stereocenters. The first-order valence-corrected chi connectivity index (χ1v) is 8.87. The zero-order valence-corrected chi connectivity index (χ0v) is 12.9. The van der Waals surface area contributed by atoms with E-state index in [0.29, 0.717) is 23.5 Å². The molecular formula is C12H19ClN4O2S. The Morgan fingerprint density at radius 1 is 1.50 bits per heavy atom. The molecule has 0 unspecified atom stereocenters. The number of rotatable bonds is 4. The molecule has 1 saturated carbocycles. The molecule has 2 N–H and O–H groups in total. The molecular weight excluding hydrogens is 300 g/mol. The van der Waals surface area contributed by atoms with Crippen LogP contribution in [0.1, 0.15) is 25.0 Å². The maximum Gasteiger partial charge on any atom is 0.210 e. The van der Waals surface area contributed by atoms with E-state index in [4.69, 9.17) is 16.7 Å². The van der Waals surface area contributed by atoms with Crippen molar-refractivity contribution in [2.24, 2.45) is 18.1 Å². The normalized spacial score (nSPS) is 30.2. The fourth-order valence-corrected chi connectivity index (χ4v) is 4.85. The van der Waals surface area contributed by atoms with Crippen LogP contribution in [0.4, 0.5) is 0 Å². The van der Waals surface area contributed by atoms with Gasteiger partial charge in [-0.25, -0.2) is 13.6 Å². The third-order valence-corrected chi connectivity index (χ3v) is 5.75. The van der Waals surface area contributed by atoms with Gasteiger partial charge in [0, 0.05) is 25.7 Å². The van der Waals surface area contributed by atoms with Crippen molar-refractivity contribution in [3.05, 3.63) is 16.9 Å². The maximum absolute atomic E-state index is 11.5. The second-order valence-corrected chi connectivity index (χ2v) is 7.93. The molecule has 1 saturated heterocycles. The number of nitrogens with zero attached hydrogens (tertiary/aromatic N) is 3. The van der Waals surface area contributed by atoms with Crippen LogP contribution in [0.2, 0.25) is 5.02 Å². The number of hydrogen-bond acceptors (Lipinski definition) is 4. The average molecular weight is 319 g/mol. The molecule has 1 aromatic heterocycles. The van der Waals surface area contributed by atoms with Crippen LogP contribution in [0, 0.1) is 5.92 Å². The van der Waals surface area contributed by atoms with E-state index in [2.05, 4.69) is 10.00 Å². The second kappa shape index (κ2) is 4.98. The number of aryl methyl sites for hydroxylation is 1. The average Bonchev–Trinajstić information content (AvgIpc) is 2.99. The maximum atomic E-state index is 11.5. The zero-order valence-electron chi connectivity index (χ0n) is 11.4. The van der Waals surface area contributed by atoms with Crippen LogP contribution in [-0.2, 0) is 23.6 Å². The highest BCUT2D eigenvalue weighted by molar-refractivity contribution is 7.89. The van der Waals surface area contributed by atoms with Crippen LogP contribution in [0.3, 0.4) is 0 Å². The Balaban J connectivity index is 1.83. The molecule has 1 aliphatic carbocycles. The zero-order chi connectivity index (χ0) is 14.5. The van der Waals surface area contributed by atoms with Gasteiger partial charge in [-0.1, -0.05) is 11.6 Å². The van der Waals surface area contributed by atoms with E-state index in [1.165, 1.54) is 0 Å². The van der Waals surface area contributed by atoms with E-state index in [-0.39, 0.29) is 11.8 Å². The van der Waals surface area contributed by atoms with Gasteiger partial charge in [0.1, 0.15) is 0 Å². The van der Waals surface area contributed by atoms with Gasteiger partial charge < -0.3 is 0 Å². The van der Waals surface area contributed by atoms with Crippen molar-refractivity contribution in [2.45, 2.75) is 37.9 Å². The molecule has 0 radical (unpaired) electrons. The third kappa shape index (κ3) is 2.59. The molecule has 6 nitrogen and oxygen atoms in total. The summed E-state index contributed by atoms with van der Waals surface area (Å²) in [7, 11) is -1.61. The SMILES string of the molecule is Cn1ncc(Cl)c1CN1[C@@H]2CC[C@@H](C2)[C@H]1CS(N)(=O)=O. The molecule has 1 aliphatic heterocycles. The quantitative estimate of drug-likeness (QED) is 0.886. The van der Waals surface area contributed by atoms with E-state index in [1.807, 2.05) is 7.05 Å². The summed E-state index contributed by atoms with van der Waals surface area (Å²) < 4.78 is 24.7. The molecule has 112 valence electrons. The lowest BCUT2D eigenvalue weighted by Gasteiger charge is -2.34. The van der Waals surface area contributed by atoms with Gasteiger partial charge in [0.25, 0.3) is 0 Å². The van der Waals surface area contributed by atoms with E-state index in [0.717, 1.165) is 25.0 Å². The monoisotopic (exact) mass is 318 g/mol. The minimum absolute atomic E-state index is 0.00900. The predicted octanol–water partition coefficient (Wildman–Crippen LogP) is 0.715. The van der Waals surface area contributed by atoms with E-state index < -0.39 is 10.0 Å². The summed E-state index contributed by atoms with van der Waals surface area (Å²) in [5.74, 6) is 0.467. The Hall–Kier alpha value is -0.630. The summed E-state index contributed by atoms with van der Waals surface area (Å²) in [6.07, 6.45) is 4.91. The highest BCUT2D eigenvalue weighted by Gasteiger charge is 2.47. The van der Waals surface area contributed by atoms with Crippen molar-refractivity contribution in [3.63, 3.8) is 0 Å². The van der Waals surface area contributed by atoms with Crippen LogP contribution in [-0.4, -0.2) is 40.9 Å². The van der Waals surface area contributed by atoms with E-state index >= 15 is 0 Å². The summed E-state index contributed by atoms with van der Waals surface area (Å²) >= 11 is 6.15. The summed E-state index contributed by atoms with van der Waals surface area (Å²) in [4.78, 5) is 2.25. The molecule has 1 aromatic rings. The van der Waals surface area contributed by atoms with Crippen molar-refractivity contribution in [1.82, 2.24) is 14.7 Å². The van der Waals surface area contributed by atoms with Gasteiger partial charge >= 0.3 is 0 Å². The molecule has 20 heavy (non-hydrogen) atoms. The van der Waals surface area contributed by atoms with Crippen LogP contribution in [0.25, 0.3) is 0 Å². The van der Waals surface area contributed by atoms with Gasteiger partial charge in [0.05, 0.1) is 22.7 Å². The number of likely N-dealkylation sites (tertiary alicyclic amines) is 1. The number of aromatic nitrogens is 2. The number of nitrogens with two attached hydrogens (primary N) is 1. The number of piperidine rings is 1. The number of primary sulfonamides is 1. The van der Waals surface area contributed by atoms with Crippen molar-refractivity contribution in [2.75, 3.05) is 5.75 Å². The number of fused-ring (bicyclic) bond motifs is 2. The first kappa shape index (κ1) is 14.3. The molecule has 2 bridgehead atoms. The second-order valence-electron chi connectivity index (χ2n) is 5.86. The first-order valence-electron chi connectivity index (χ1n) is 6.78. The lowest BCUT2D eigenvalue weighted by Crippen LogP contribution is -2.45. The number of sulfonamides is 1. The lowest BCUT2D eigenvalue weighted by molar-refractivity contribution is 0.140. The fraction of sp³-hybridized carbons (Fsp3) is 0.750. The minimum atomic E-state index is -3.46. The molecule has 2 aliphatic rings. The van der Waals surface area contributed by atoms with Crippen LogP contribution in [0.15, 0.2) is 6.20 Å². The molecule has 3 rings (SSSR count). The predicted molar refractivity (Wildman–Crippen MR) is 76.7 cm³/mol. The molecule has 0 aromatic carbocycles. The van der Waals surface area contributed by atoms with Gasteiger partial charge in [0.2, 0.25) is 10.0 Å². The minimum Gasteiger partial charge on any atom is -0.290 e. The van der Waals surface area contributed by atoms with Crippen molar-refractivity contribution < 1.29 is 8.42 Å². The van der Waals surface area contributed by atoms with Crippen LogP contribution >= 0.6 is 11.6 Å². The Kier molecular flexibility index (Phi) is 3.56. The summed E-state index contributed by atoms with van der Waals surface area (Å²) in [5.41, 5.74) is 0.929. The van der Waals surface area contributed by atoms with Crippen molar-refractivity contribution >= 4 is 21.6 Å². The summed E-state index contributed by atoms with van der Waals surface area (Å²) in [6.45, 7) is 0.636. The van der Waals surface area contributed by atoms with Crippen LogP contribution < -0.4 is 5.14 Å². The smallest absolute Gasteiger partial charge is 0.210 e. The highest BCUT2D eigenvalue weighted by atomic mass is 35.5. The lowest BCUT2D eigenvalue weighted by atomic mass is 10.0. The largest absolute Gasteiger partial charge is 0.290 e. The third-order valence-electron chi connectivity index (χ3n) is 4.63. The summed E-state index contributed by atoms with van der Waals surface area (Å²) in [5, 5.41) is 10.0. The van der Waals surface area contributed by atoms with Gasteiger partial charge in [-0.15, -0.1) is 0 Å². The van der Waals surface area contributed by atoms with E-state index in [1.54, 1.807) is 10.9 Å². The van der Waals surface area contributed by atoms with Gasteiger partial charge in [-0.3, -0.25) is 9.58 Å². The summed E-state index contributed by atoms with van der Waals surface area (Å²) in [6, 6.07) is 0.451. The molecule has 2 fully saturated rings. The number of hydrogen-bond donors (Lipinski definition) is 1. The Bertz CT molecular complexity index is 595. The Morgan fingerprint density at radius 2 is 2.25 bits per heavy atom.